The molecule has 2 aliphatic rings. The molecule has 7 aromatic rings. The van der Waals surface area contributed by atoms with E-state index in [1.165, 1.54) is 61.4 Å². The molecule has 0 aromatic heterocycles. The van der Waals surface area contributed by atoms with Crippen LogP contribution in [-0.4, -0.2) is 0 Å². The van der Waals surface area contributed by atoms with Crippen molar-refractivity contribution in [3.8, 4) is 22.3 Å². The molecule has 0 saturated heterocycles. The second-order valence-electron chi connectivity index (χ2n) is 13.3. The number of aryl methyl sites for hydroxylation is 1. The maximum absolute atomic E-state index is 4.37. The number of anilines is 5. The van der Waals surface area contributed by atoms with Crippen LogP contribution in [0.4, 0.5) is 28.4 Å². The van der Waals surface area contributed by atoms with E-state index in [1.54, 1.807) is 0 Å². The molecule has 9 rings (SSSR count). The highest BCUT2D eigenvalue weighted by Gasteiger charge is 2.51. The van der Waals surface area contributed by atoms with Crippen LogP contribution in [0.15, 0.2) is 181 Å². The van der Waals surface area contributed by atoms with Crippen molar-refractivity contribution in [3.05, 3.63) is 208 Å². The Morgan fingerprint density at radius 2 is 1.18 bits per heavy atom. The molecule has 1 aliphatic heterocycles. The third kappa shape index (κ3) is 4.47. The number of hydrogen-bond donors (Lipinski definition) is 0. The van der Waals surface area contributed by atoms with E-state index < -0.39 is 5.41 Å². The Bertz CT molecular complexity index is 2410. The van der Waals surface area contributed by atoms with E-state index in [4.69, 9.17) is 0 Å². The normalized spacial score (nSPS) is 13.3. The molecule has 1 spiro atoms. The Kier molecular flexibility index (Phi) is 7.15. The second kappa shape index (κ2) is 11.8. The van der Waals surface area contributed by atoms with Gasteiger partial charge in [0.2, 0.25) is 0 Å². The monoisotopic (exact) mass is 706 g/mol. The number of benzene rings is 7. The lowest BCUT2D eigenvalue weighted by atomic mass is 9.64. The van der Waals surface area contributed by atoms with Crippen molar-refractivity contribution in [3.63, 3.8) is 0 Å². The maximum atomic E-state index is 4.37. The maximum Gasteiger partial charge on any atom is 0.0754 e. The molecule has 0 unspecified atom stereocenters. The summed E-state index contributed by atoms with van der Waals surface area (Å²) in [4.78, 5) is 4.68. The fourth-order valence-corrected chi connectivity index (χ4v) is 8.72. The first kappa shape index (κ1) is 30.4. The van der Waals surface area contributed by atoms with E-state index >= 15 is 0 Å². The lowest BCUT2D eigenvalue weighted by Gasteiger charge is -2.45. The van der Waals surface area contributed by atoms with Gasteiger partial charge in [0.1, 0.15) is 0 Å². The van der Waals surface area contributed by atoms with Crippen LogP contribution in [0.2, 0.25) is 0 Å². The lowest BCUT2D eigenvalue weighted by molar-refractivity contribution is 0.752. The van der Waals surface area contributed by atoms with Crippen molar-refractivity contribution < 1.29 is 0 Å². The zero-order valence-electron chi connectivity index (χ0n) is 28.1. The fraction of sp³-hybridized carbons (Fsp3) is 0.0638. The van der Waals surface area contributed by atoms with Crippen LogP contribution in [0, 0.1) is 6.92 Å². The zero-order valence-corrected chi connectivity index (χ0v) is 29.7. The predicted molar refractivity (Wildman–Crippen MR) is 213 cm³/mol. The van der Waals surface area contributed by atoms with Gasteiger partial charge in [-0.3, -0.25) is 0 Å². The first-order valence-corrected chi connectivity index (χ1v) is 17.9. The second-order valence-corrected chi connectivity index (χ2v) is 14.2. The standard InChI is InChI=1S/C47H35BrN2/c1-31(2)49(44-21-10-7-14-32(44)3)37-18-13-15-33(28-37)34-24-26-38-39-27-25-35(48)30-43(39)47(42(38)29-34)40-19-8-11-22-45(40)50(36-16-5-4-6-17-36)46-23-12-9-20-41(46)47/h4-30H,1H2,2-3H3. The molecule has 2 nitrogen and oxygen atoms in total. The average Bonchev–Trinajstić information content (AvgIpc) is 3.42. The molecule has 0 amide bonds. The summed E-state index contributed by atoms with van der Waals surface area (Å²) in [6.07, 6.45) is 0. The van der Waals surface area contributed by atoms with E-state index in [1.807, 2.05) is 0 Å². The summed E-state index contributed by atoms with van der Waals surface area (Å²) in [5, 5.41) is 0. The molecule has 240 valence electrons. The number of fused-ring (bicyclic) bond motifs is 9. The van der Waals surface area contributed by atoms with Crippen LogP contribution in [0.3, 0.4) is 0 Å². The lowest BCUT2D eigenvalue weighted by Crippen LogP contribution is -2.36. The predicted octanol–water partition coefficient (Wildman–Crippen LogP) is 13.2. The molecule has 1 aliphatic carbocycles. The highest BCUT2D eigenvalue weighted by Crippen LogP contribution is 2.64. The Labute approximate surface area is 302 Å². The summed E-state index contributed by atoms with van der Waals surface area (Å²) < 4.78 is 1.08. The zero-order chi connectivity index (χ0) is 34.0. The van der Waals surface area contributed by atoms with Gasteiger partial charge in [-0.15, -0.1) is 0 Å². The summed E-state index contributed by atoms with van der Waals surface area (Å²) in [6.45, 7) is 8.61. The highest BCUT2D eigenvalue weighted by molar-refractivity contribution is 9.10. The Hall–Kier alpha value is -5.64. The minimum Gasteiger partial charge on any atom is -0.315 e. The number of nitrogens with zero attached hydrogens (tertiary/aromatic N) is 2. The first-order chi connectivity index (χ1) is 24.5. The van der Waals surface area contributed by atoms with Gasteiger partial charge >= 0.3 is 0 Å². The van der Waals surface area contributed by atoms with E-state index in [0.29, 0.717) is 0 Å². The fourth-order valence-electron chi connectivity index (χ4n) is 8.36. The van der Waals surface area contributed by atoms with Gasteiger partial charge in [0.05, 0.1) is 16.8 Å². The van der Waals surface area contributed by atoms with E-state index in [9.17, 15) is 0 Å². The van der Waals surface area contributed by atoms with Gasteiger partial charge in [0.15, 0.2) is 0 Å². The van der Waals surface area contributed by atoms with Crippen molar-refractivity contribution in [2.45, 2.75) is 19.3 Å². The van der Waals surface area contributed by atoms with Gasteiger partial charge in [-0.25, -0.2) is 0 Å². The van der Waals surface area contributed by atoms with Gasteiger partial charge in [0, 0.05) is 27.2 Å². The molecule has 0 N–H and O–H groups in total. The summed E-state index contributed by atoms with van der Waals surface area (Å²) in [6, 6.07) is 59.9. The van der Waals surface area contributed by atoms with Crippen molar-refractivity contribution in [2.75, 3.05) is 9.80 Å². The van der Waals surface area contributed by atoms with Crippen molar-refractivity contribution >= 4 is 44.4 Å². The molecule has 3 heteroatoms. The molecule has 0 atom stereocenters. The number of allylic oxidation sites excluding steroid dienone is 1. The minimum absolute atomic E-state index is 0.522. The minimum atomic E-state index is -0.522. The smallest absolute Gasteiger partial charge is 0.0754 e. The molecule has 50 heavy (non-hydrogen) atoms. The quantitative estimate of drug-likeness (QED) is 0.176. The Morgan fingerprint density at radius 1 is 0.580 bits per heavy atom. The average molecular weight is 708 g/mol. The number of halogens is 1. The van der Waals surface area contributed by atoms with Crippen molar-refractivity contribution in [1.29, 1.82) is 0 Å². The van der Waals surface area contributed by atoms with Gasteiger partial charge in [-0.05, 0) is 125 Å². The van der Waals surface area contributed by atoms with E-state index in [2.05, 4.69) is 210 Å². The van der Waals surface area contributed by atoms with Gasteiger partial charge in [0.25, 0.3) is 0 Å². The molecule has 0 fully saturated rings. The molecule has 0 saturated carbocycles. The van der Waals surface area contributed by atoms with Crippen molar-refractivity contribution in [1.82, 2.24) is 0 Å². The number of hydrogen-bond acceptors (Lipinski definition) is 2. The molecule has 1 heterocycles. The summed E-state index contributed by atoms with van der Waals surface area (Å²) in [7, 11) is 0. The molecular weight excluding hydrogens is 672 g/mol. The Balaban J connectivity index is 1.30. The first-order valence-electron chi connectivity index (χ1n) is 17.1. The van der Waals surface area contributed by atoms with Crippen LogP contribution >= 0.6 is 15.9 Å². The highest BCUT2D eigenvalue weighted by atomic mass is 79.9. The summed E-state index contributed by atoms with van der Waals surface area (Å²) in [5.41, 5.74) is 17.5. The van der Waals surface area contributed by atoms with Crippen LogP contribution in [0.25, 0.3) is 22.3 Å². The van der Waals surface area contributed by atoms with Crippen LogP contribution in [0.5, 0.6) is 0 Å². The van der Waals surface area contributed by atoms with Gasteiger partial charge in [-0.1, -0.05) is 126 Å². The van der Waals surface area contributed by atoms with Gasteiger partial charge < -0.3 is 9.80 Å². The SMILES string of the molecule is C=C(C)N(c1cccc(-c2ccc3c(c2)C2(c4cc(Br)ccc4-3)c3ccccc3N(c3ccccc3)c3ccccc32)c1)c1ccccc1C. The van der Waals surface area contributed by atoms with Crippen LogP contribution < -0.4 is 9.80 Å². The van der Waals surface area contributed by atoms with Gasteiger partial charge in [-0.2, -0.15) is 0 Å². The number of rotatable bonds is 5. The van der Waals surface area contributed by atoms with Crippen LogP contribution in [0.1, 0.15) is 34.7 Å². The van der Waals surface area contributed by atoms with Crippen molar-refractivity contribution in [2.24, 2.45) is 0 Å². The largest absolute Gasteiger partial charge is 0.315 e. The summed E-state index contributed by atoms with van der Waals surface area (Å²) >= 11 is 3.87. The molecular formula is C47H35BrN2. The third-order valence-electron chi connectivity index (χ3n) is 10.4. The van der Waals surface area contributed by atoms with E-state index in [-0.39, 0.29) is 0 Å². The van der Waals surface area contributed by atoms with E-state index in [0.717, 1.165) is 27.2 Å². The number of para-hydroxylation sites is 4. The molecule has 0 radical (unpaired) electrons. The summed E-state index contributed by atoms with van der Waals surface area (Å²) in [5.74, 6) is 0. The topological polar surface area (TPSA) is 6.48 Å². The molecule has 7 aromatic carbocycles. The molecule has 0 bridgehead atoms. The van der Waals surface area contributed by atoms with Crippen LogP contribution in [-0.2, 0) is 5.41 Å². The Morgan fingerprint density at radius 3 is 1.88 bits per heavy atom. The third-order valence-corrected chi connectivity index (χ3v) is 10.9.